The van der Waals surface area contributed by atoms with E-state index in [0.29, 0.717) is 36.3 Å². The first-order chi connectivity index (χ1) is 18.9. The van der Waals surface area contributed by atoms with Gasteiger partial charge in [0.15, 0.2) is 11.5 Å². The molecule has 3 aromatic carbocycles. The number of nitrogens with one attached hydrogen (secondary N) is 3. The van der Waals surface area contributed by atoms with E-state index in [1.807, 2.05) is 0 Å². The van der Waals surface area contributed by atoms with Crippen molar-refractivity contribution in [3.05, 3.63) is 93.8 Å². The number of benzene rings is 3. The van der Waals surface area contributed by atoms with Gasteiger partial charge in [-0.15, -0.1) is 0 Å². The third-order valence-electron chi connectivity index (χ3n) is 6.26. The predicted molar refractivity (Wildman–Crippen MR) is 140 cm³/mol. The van der Waals surface area contributed by atoms with Gasteiger partial charge in [0.2, 0.25) is 5.43 Å². The van der Waals surface area contributed by atoms with E-state index in [9.17, 15) is 31.2 Å². The Morgan fingerprint density at radius 1 is 1.00 bits per heavy atom. The number of aromatic nitrogens is 1. The van der Waals surface area contributed by atoms with Gasteiger partial charge in [-0.2, -0.15) is 13.2 Å². The first-order valence-corrected chi connectivity index (χ1v) is 13.5. The summed E-state index contributed by atoms with van der Waals surface area (Å²) in [6.07, 6.45) is -3.43. The number of carbonyl (C=O) groups excluding carboxylic acids is 1. The molecule has 0 fully saturated rings. The number of H-pyrrole nitrogens is 1. The Balaban J connectivity index is 1.40. The molecule has 5 rings (SSSR count). The van der Waals surface area contributed by atoms with E-state index in [2.05, 4.69) is 15.0 Å². The molecule has 0 saturated heterocycles. The monoisotopic (exact) mass is 573 g/mol. The highest BCUT2D eigenvalue weighted by molar-refractivity contribution is 7.92. The smallest absolute Gasteiger partial charge is 0.416 e. The number of halogens is 3. The average molecular weight is 574 g/mol. The topological polar surface area (TPSA) is 127 Å². The van der Waals surface area contributed by atoms with Gasteiger partial charge in [-0.25, -0.2) is 8.42 Å². The summed E-state index contributed by atoms with van der Waals surface area (Å²) in [4.78, 5) is 28.7. The highest BCUT2D eigenvalue weighted by atomic mass is 32.2. The van der Waals surface area contributed by atoms with E-state index in [1.54, 1.807) is 25.1 Å². The van der Waals surface area contributed by atoms with Crippen LogP contribution in [-0.2, 0) is 16.2 Å². The fourth-order valence-corrected chi connectivity index (χ4v) is 5.27. The second-order valence-electron chi connectivity index (χ2n) is 9.02. The van der Waals surface area contributed by atoms with Crippen molar-refractivity contribution in [2.75, 3.05) is 17.9 Å². The summed E-state index contributed by atoms with van der Waals surface area (Å²) < 4.78 is 78.1. The maximum absolute atomic E-state index is 13.2. The van der Waals surface area contributed by atoms with E-state index >= 15 is 0 Å². The van der Waals surface area contributed by atoms with Gasteiger partial charge in [0.25, 0.3) is 15.9 Å². The summed E-state index contributed by atoms with van der Waals surface area (Å²) in [6.45, 7) is 2.56. The van der Waals surface area contributed by atoms with Gasteiger partial charge in [0.1, 0.15) is 18.8 Å². The largest absolute Gasteiger partial charge is 0.486 e. The lowest BCUT2D eigenvalue weighted by Gasteiger charge is -2.21. The van der Waals surface area contributed by atoms with Crippen LogP contribution in [0.3, 0.4) is 0 Å². The van der Waals surface area contributed by atoms with Crippen LogP contribution < -0.4 is 24.9 Å². The Hall–Kier alpha value is -4.52. The predicted octanol–water partition coefficient (Wildman–Crippen LogP) is 4.61. The van der Waals surface area contributed by atoms with Gasteiger partial charge >= 0.3 is 6.18 Å². The number of pyridine rings is 1. The normalized spacial score (nSPS) is 14.0. The van der Waals surface area contributed by atoms with Crippen LogP contribution in [0.25, 0.3) is 10.9 Å². The fraction of sp³-hybridized carbons (Fsp3) is 0.185. The number of hydrogen-bond acceptors (Lipinski definition) is 6. The van der Waals surface area contributed by atoms with Crippen molar-refractivity contribution in [2.45, 2.75) is 24.0 Å². The molecule has 1 amide bonds. The van der Waals surface area contributed by atoms with E-state index in [-0.39, 0.29) is 27.0 Å². The maximum atomic E-state index is 13.2. The lowest BCUT2D eigenvalue weighted by Crippen LogP contribution is -2.31. The zero-order chi connectivity index (χ0) is 28.7. The molecule has 3 N–H and O–H groups in total. The van der Waals surface area contributed by atoms with Crippen molar-refractivity contribution >= 4 is 32.5 Å². The SMILES string of the molecule is CC(NC(=O)c1c[nH]c2ccc(S(=O)(=O)Nc3cccc(C(F)(F)F)c3)cc2c1=O)c1ccc2c(c1)OCCO2. The second kappa shape index (κ2) is 10.2. The van der Waals surface area contributed by atoms with Crippen LogP contribution >= 0.6 is 0 Å². The molecule has 1 aromatic heterocycles. The van der Waals surface area contributed by atoms with Gasteiger partial charge in [-0.1, -0.05) is 12.1 Å². The lowest BCUT2D eigenvalue weighted by atomic mass is 10.1. The number of sulfonamides is 1. The van der Waals surface area contributed by atoms with Gasteiger partial charge in [0, 0.05) is 22.8 Å². The Morgan fingerprint density at radius 2 is 1.75 bits per heavy atom. The van der Waals surface area contributed by atoms with Gasteiger partial charge in [0.05, 0.1) is 16.5 Å². The molecule has 4 aromatic rings. The van der Waals surface area contributed by atoms with E-state index < -0.39 is 39.1 Å². The van der Waals surface area contributed by atoms with Crippen molar-refractivity contribution < 1.29 is 35.9 Å². The molecule has 208 valence electrons. The summed E-state index contributed by atoms with van der Waals surface area (Å²) in [5.41, 5.74) is -1.33. The molecule has 1 atom stereocenters. The molecule has 1 aliphatic heterocycles. The van der Waals surface area contributed by atoms with Crippen LogP contribution in [0.1, 0.15) is 34.5 Å². The number of aromatic amines is 1. The molecular weight excluding hydrogens is 551 g/mol. The van der Waals surface area contributed by atoms with Crippen LogP contribution in [0.15, 0.2) is 76.6 Å². The zero-order valence-electron chi connectivity index (χ0n) is 20.8. The molecule has 0 aliphatic carbocycles. The molecule has 0 radical (unpaired) electrons. The van der Waals surface area contributed by atoms with Gasteiger partial charge < -0.3 is 19.8 Å². The summed E-state index contributed by atoms with van der Waals surface area (Å²) in [5.74, 6) is 0.439. The first kappa shape index (κ1) is 27.1. The minimum absolute atomic E-state index is 0.0912. The van der Waals surface area contributed by atoms with E-state index in [0.717, 1.165) is 18.2 Å². The van der Waals surface area contributed by atoms with Crippen molar-refractivity contribution in [3.63, 3.8) is 0 Å². The Labute approximate surface area is 226 Å². The molecule has 40 heavy (non-hydrogen) atoms. The summed E-state index contributed by atoms with van der Waals surface area (Å²) in [5, 5.41) is 2.65. The van der Waals surface area contributed by atoms with Crippen molar-refractivity contribution in [2.24, 2.45) is 0 Å². The molecule has 1 aliphatic rings. The standard InChI is InChI=1S/C27H22F3N3O6S/c1-15(16-5-8-23-24(11-16)39-10-9-38-23)32-26(35)21-14-31-22-7-6-19(13-20(22)25(21)34)40(36,37)33-18-4-2-3-17(12-18)27(28,29)30/h2-8,11-15,33H,9-10H2,1H3,(H,31,34)(H,32,35). The second-order valence-corrected chi connectivity index (χ2v) is 10.7. The lowest BCUT2D eigenvalue weighted by molar-refractivity contribution is -0.137. The van der Waals surface area contributed by atoms with E-state index in [1.165, 1.54) is 24.4 Å². The highest BCUT2D eigenvalue weighted by Gasteiger charge is 2.31. The molecule has 9 nitrogen and oxygen atoms in total. The summed E-state index contributed by atoms with van der Waals surface area (Å²) >= 11 is 0. The fourth-order valence-electron chi connectivity index (χ4n) is 4.19. The number of carbonyl (C=O) groups is 1. The third kappa shape index (κ3) is 5.45. The number of hydrogen-bond donors (Lipinski definition) is 3. The summed E-state index contributed by atoms with van der Waals surface area (Å²) in [7, 11) is -4.37. The number of amides is 1. The molecule has 2 heterocycles. The number of rotatable bonds is 6. The highest BCUT2D eigenvalue weighted by Crippen LogP contribution is 2.33. The first-order valence-electron chi connectivity index (χ1n) is 12.0. The van der Waals surface area contributed by atoms with Crippen molar-refractivity contribution in [1.82, 2.24) is 10.3 Å². The average Bonchev–Trinajstić information content (AvgIpc) is 2.92. The minimum Gasteiger partial charge on any atom is -0.486 e. The molecule has 1 unspecified atom stereocenters. The number of anilines is 1. The number of fused-ring (bicyclic) bond motifs is 2. The number of ether oxygens (including phenoxy) is 2. The molecule has 0 spiro atoms. The van der Waals surface area contributed by atoms with Crippen LogP contribution in [0.4, 0.5) is 18.9 Å². The minimum atomic E-state index is -4.66. The molecule has 13 heteroatoms. The van der Waals surface area contributed by atoms with Crippen LogP contribution in [-0.4, -0.2) is 32.5 Å². The quantitative estimate of drug-likeness (QED) is 0.309. The van der Waals surface area contributed by atoms with Crippen LogP contribution in [0.2, 0.25) is 0 Å². The van der Waals surface area contributed by atoms with Gasteiger partial charge in [-0.3, -0.25) is 14.3 Å². The third-order valence-corrected chi connectivity index (χ3v) is 7.64. The Kier molecular flexibility index (Phi) is 6.92. The van der Waals surface area contributed by atoms with Crippen molar-refractivity contribution in [3.8, 4) is 11.5 Å². The van der Waals surface area contributed by atoms with Crippen LogP contribution in [0, 0.1) is 0 Å². The van der Waals surface area contributed by atoms with Gasteiger partial charge in [-0.05, 0) is 61.0 Å². The zero-order valence-corrected chi connectivity index (χ0v) is 21.7. The molecule has 0 bridgehead atoms. The Bertz CT molecular complexity index is 1790. The number of alkyl halides is 3. The summed E-state index contributed by atoms with van der Waals surface area (Å²) in [6, 6.07) is 12.0. The Morgan fingerprint density at radius 3 is 2.50 bits per heavy atom. The van der Waals surface area contributed by atoms with E-state index in [4.69, 9.17) is 9.47 Å². The maximum Gasteiger partial charge on any atom is 0.416 e. The van der Waals surface area contributed by atoms with Crippen molar-refractivity contribution in [1.29, 1.82) is 0 Å². The molecular formula is C27H22F3N3O6S. The van der Waals surface area contributed by atoms with Crippen LogP contribution in [0.5, 0.6) is 11.5 Å². The molecule has 0 saturated carbocycles.